The molecule has 2 N–H and O–H groups in total. The lowest BCUT2D eigenvalue weighted by atomic mass is 10.4. The molecule has 2 rings (SSSR count). The first-order valence-electron chi connectivity index (χ1n) is 3.15. The van der Waals surface area contributed by atoms with Crippen molar-refractivity contribution >= 4 is 27.3 Å². The monoisotopic (exact) mass is 211 g/mol. The minimum atomic E-state index is 0.738. The predicted molar refractivity (Wildman–Crippen MR) is 47.3 cm³/mol. The lowest BCUT2D eigenvalue weighted by Gasteiger charge is -1.93. The number of nitrogen functional groups attached to an aromatic ring is 1. The van der Waals surface area contributed by atoms with Gasteiger partial charge in [-0.25, -0.2) is 4.98 Å². The third-order valence-corrected chi connectivity index (χ3v) is 1.83. The summed E-state index contributed by atoms with van der Waals surface area (Å²) in [5, 5.41) is 0. The third kappa shape index (κ3) is 1.09. The van der Waals surface area contributed by atoms with Gasteiger partial charge in [-0.15, -0.1) is 0 Å². The van der Waals surface area contributed by atoms with E-state index in [9.17, 15) is 0 Å². The molecule has 0 unspecified atom stereocenters. The van der Waals surface area contributed by atoms with Crippen molar-refractivity contribution in [3.63, 3.8) is 0 Å². The van der Waals surface area contributed by atoms with Gasteiger partial charge in [0.05, 0.1) is 0 Å². The number of nitrogens with two attached hydrogens (primary N) is 1. The van der Waals surface area contributed by atoms with Gasteiger partial charge < -0.3 is 10.1 Å². The van der Waals surface area contributed by atoms with Crippen LogP contribution in [-0.4, -0.2) is 9.38 Å². The smallest absolute Gasteiger partial charge is 0.138 e. The SMILES string of the molecule is Nc1ccc2nc(Br)cn2c1. The summed E-state index contributed by atoms with van der Waals surface area (Å²) in [6.07, 6.45) is 3.69. The van der Waals surface area contributed by atoms with Gasteiger partial charge in [0.1, 0.15) is 10.3 Å². The average molecular weight is 212 g/mol. The van der Waals surface area contributed by atoms with Crippen molar-refractivity contribution in [2.45, 2.75) is 0 Å². The van der Waals surface area contributed by atoms with Crippen molar-refractivity contribution in [2.75, 3.05) is 5.73 Å². The summed E-state index contributed by atoms with van der Waals surface area (Å²) in [5.41, 5.74) is 7.20. The van der Waals surface area contributed by atoms with Crippen molar-refractivity contribution in [1.29, 1.82) is 0 Å². The fraction of sp³-hybridized carbons (Fsp3) is 0. The maximum absolute atomic E-state index is 5.57. The van der Waals surface area contributed by atoms with Gasteiger partial charge in [0.25, 0.3) is 0 Å². The Morgan fingerprint density at radius 2 is 2.18 bits per heavy atom. The molecule has 0 spiro atoms. The van der Waals surface area contributed by atoms with Gasteiger partial charge in [0.2, 0.25) is 0 Å². The van der Waals surface area contributed by atoms with Crippen LogP contribution >= 0.6 is 15.9 Å². The Bertz CT molecular complexity index is 393. The second-order valence-corrected chi connectivity index (χ2v) is 3.10. The molecule has 2 aromatic heterocycles. The Balaban J connectivity index is 2.82. The number of rotatable bonds is 0. The first kappa shape index (κ1) is 6.67. The first-order chi connectivity index (χ1) is 5.25. The molecule has 0 aliphatic rings. The topological polar surface area (TPSA) is 43.3 Å². The molecule has 0 aliphatic carbocycles. The van der Waals surface area contributed by atoms with Crippen LogP contribution in [-0.2, 0) is 0 Å². The molecular formula is C7H6BrN3. The Kier molecular flexibility index (Phi) is 1.35. The number of pyridine rings is 1. The molecule has 11 heavy (non-hydrogen) atoms. The summed E-state index contributed by atoms with van der Waals surface area (Å²) in [4.78, 5) is 4.18. The molecule has 0 fully saturated rings. The molecule has 0 aliphatic heterocycles. The minimum absolute atomic E-state index is 0.738. The Hall–Kier alpha value is -1.03. The van der Waals surface area contributed by atoms with E-state index < -0.39 is 0 Å². The minimum Gasteiger partial charge on any atom is -0.398 e. The van der Waals surface area contributed by atoms with E-state index in [-0.39, 0.29) is 0 Å². The molecule has 0 bridgehead atoms. The van der Waals surface area contributed by atoms with Crippen LogP contribution in [0.15, 0.2) is 29.1 Å². The maximum Gasteiger partial charge on any atom is 0.138 e. The predicted octanol–water partition coefficient (Wildman–Crippen LogP) is 1.68. The number of aromatic nitrogens is 2. The van der Waals surface area contributed by atoms with Gasteiger partial charge in [0.15, 0.2) is 0 Å². The highest BCUT2D eigenvalue weighted by atomic mass is 79.9. The summed E-state index contributed by atoms with van der Waals surface area (Å²) in [7, 11) is 0. The number of imidazole rings is 1. The molecule has 0 atom stereocenters. The lowest BCUT2D eigenvalue weighted by Crippen LogP contribution is -1.88. The molecule has 56 valence electrons. The van der Waals surface area contributed by atoms with Gasteiger partial charge >= 0.3 is 0 Å². The average Bonchev–Trinajstić information content (AvgIpc) is 2.27. The summed E-state index contributed by atoms with van der Waals surface area (Å²) in [6.45, 7) is 0. The molecule has 0 saturated heterocycles. The first-order valence-corrected chi connectivity index (χ1v) is 3.95. The fourth-order valence-electron chi connectivity index (χ4n) is 0.978. The third-order valence-electron chi connectivity index (χ3n) is 1.44. The number of hydrogen-bond donors (Lipinski definition) is 1. The van der Waals surface area contributed by atoms with Gasteiger partial charge in [-0.3, -0.25) is 0 Å². The highest BCUT2D eigenvalue weighted by molar-refractivity contribution is 9.10. The van der Waals surface area contributed by atoms with E-state index in [1.54, 1.807) is 0 Å². The van der Waals surface area contributed by atoms with Crippen LogP contribution in [0.2, 0.25) is 0 Å². The van der Waals surface area contributed by atoms with Gasteiger partial charge in [0, 0.05) is 18.1 Å². The molecule has 0 aromatic carbocycles. The second kappa shape index (κ2) is 2.23. The molecule has 4 heteroatoms. The molecule has 2 heterocycles. The summed E-state index contributed by atoms with van der Waals surface area (Å²) in [6, 6.07) is 3.70. The normalized spacial score (nSPS) is 10.6. The molecular weight excluding hydrogens is 206 g/mol. The van der Waals surface area contributed by atoms with Crippen molar-refractivity contribution in [2.24, 2.45) is 0 Å². The molecule has 0 radical (unpaired) electrons. The van der Waals surface area contributed by atoms with E-state index in [0.29, 0.717) is 0 Å². The Morgan fingerprint density at radius 3 is 3.00 bits per heavy atom. The zero-order valence-electron chi connectivity index (χ0n) is 5.66. The largest absolute Gasteiger partial charge is 0.398 e. The Morgan fingerprint density at radius 1 is 1.36 bits per heavy atom. The number of anilines is 1. The van der Waals surface area contributed by atoms with Gasteiger partial charge in [-0.05, 0) is 28.1 Å². The van der Waals surface area contributed by atoms with Crippen LogP contribution in [0, 0.1) is 0 Å². The zero-order valence-corrected chi connectivity index (χ0v) is 7.25. The second-order valence-electron chi connectivity index (χ2n) is 2.29. The number of fused-ring (bicyclic) bond motifs is 1. The summed E-state index contributed by atoms with van der Waals surface area (Å²) in [5.74, 6) is 0. The van der Waals surface area contributed by atoms with E-state index in [4.69, 9.17) is 5.73 Å². The zero-order chi connectivity index (χ0) is 7.84. The fourth-order valence-corrected chi connectivity index (χ4v) is 1.38. The van der Waals surface area contributed by atoms with Crippen LogP contribution in [0.5, 0.6) is 0 Å². The van der Waals surface area contributed by atoms with Crippen LogP contribution in [0.1, 0.15) is 0 Å². The Labute approximate surface area is 72.0 Å². The van der Waals surface area contributed by atoms with Gasteiger partial charge in [-0.1, -0.05) is 0 Å². The molecule has 0 saturated carbocycles. The lowest BCUT2D eigenvalue weighted by molar-refractivity contribution is 1.19. The number of nitrogens with zero attached hydrogens (tertiary/aromatic N) is 2. The highest BCUT2D eigenvalue weighted by Gasteiger charge is 1.96. The number of hydrogen-bond acceptors (Lipinski definition) is 2. The van der Waals surface area contributed by atoms with E-state index in [2.05, 4.69) is 20.9 Å². The van der Waals surface area contributed by atoms with Crippen molar-refractivity contribution in [3.8, 4) is 0 Å². The maximum atomic E-state index is 5.57. The van der Waals surface area contributed by atoms with E-state index >= 15 is 0 Å². The molecule has 3 nitrogen and oxygen atoms in total. The van der Waals surface area contributed by atoms with Crippen molar-refractivity contribution in [1.82, 2.24) is 9.38 Å². The summed E-state index contributed by atoms with van der Waals surface area (Å²) >= 11 is 3.28. The number of halogens is 1. The molecule has 2 aromatic rings. The van der Waals surface area contributed by atoms with E-state index in [0.717, 1.165) is 15.9 Å². The van der Waals surface area contributed by atoms with E-state index in [1.807, 2.05) is 28.9 Å². The quantitative estimate of drug-likeness (QED) is 0.721. The van der Waals surface area contributed by atoms with Crippen LogP contribution in [0.3, 0.4) is 0 Å². The van der Waals surface area contributed by atoms with E-state index in [1.165, 1.54) is 0 Å². The summed E-state index contributed by atoms with van der Waals surface area (Å²) < 4.78 is 2.70. The van der Waals surface area contributed by atoms with Crippen LogP contribution in [0.4, 0.5) is 5.69 Å². The van der Waals surface area contributed by atoms with Crippen LogP contribution < -0.4 is 5.73 Å². The highest BCUT2D eigenvalue weighted by Crippen LogP contribution is 2.12. The van der Waals surface area contributed by atoms with Crippen LogP contribution in [0.25, 0.3) is 5.65 Å². The molecule has 0 amide bonds. The van der Waals surface area contributed by atoms with Gasteiger partial charge in [-0.2, -0.15) is 0 Å². The van der Waals surface area contributed by atoms with Crippen molar-refractivity contribution in [3.05, 3.63) is 29.1 Å². The van der Waals surface area contributed by atoms with Crippen molar-refractivity contribution < 1.29 is 0 Å². The standard InChI is InChI=1S/C7H6BrN3/c8-6-4-11-3-5(9)1-2-7(11)10-6/h1-4H,9H2.